The second-order valence-electron chi connectivity index (χ2n) is 4.34. The van der Waals surface area contributed by atoms with Gasteiger partial charge in [-0.2, -0.15) is 0 Å². The predicted octanol–water partition coefficient (Wildman–Crippen LogP) is 3.18. The topological polar surface area (TPSA) is 46.6 Å². The summed E-state index contributed by atoms with van der Waals surface area (Å²) in [5.41, 5.74) is 1.19. The van der Waals surface area contributed by atoms with Crippen molar-refractivity contribution < 1.29 is 14.3 Å². The molecule has 0 aromatic carbocycles. The van der Waals surface area contributed by atoms with Gasteiger partial charge in [-0.25, -0.2) is 4.79 Å². The van der Waals surface area contributed by atoms with Gasteiger partial charge in [-0.1, -0.05) is 0 Å². The van der Waals surface area contributed by atoms with Gasteiger partial charge in [-0.3, -0.25) is 4.79 Å². The quantitative estimate of drug-likeness (QED) is 0.815. The molecule has 0 bridgehead atoms. The van der Waals surface area contributed by atoms with Crippen molar-refractivity contribution in [3.05, 3.63) is 43.8 Å². The van der Waals surface area contributed by atoms with Gasteiger partial charge < -0.3 is 9.64 Å². The standard InChI is InChI=1S/C14H15NO3S2/c1-9-6-7-19-12(9)8-15(2)13(16)10-4-5-11(20-10)14(17)18-3/h4-7H,8H2,1-3H3. The highest BCUT2D eigenvalue weighted by molar-refractivity contribution is 7.15. The van der Waals surface area contributed by atoms with Crippen LogP contribution in [0.15, 0.2) is 23.6 Å². The third-order valence-electron chi connectivity index (χ3n) is 2.90. The van der Waals surface area contributed by atoms with Gasteiger partial charge in [-0.15, -0.1) is 22.7 Å². The number of esters is 1. The molecule has 0 saturated heterocycles. The molecule has 2 rings (SSSR count). The molecule has 0 aliphatic carbocycles. The Labute approximate surface area is 125 Å². The summed E-state index contributed by atoms with van der Waals surface area (Å²) in [7, 11) is 3.09. The molecule has 2 aromatic heterocycles. The van der Waals surface area contributed by atoms with E-state index in [0.717, 1.165) is 11.3 Å². The number of hydrogen-bond acceptors (Lipinski definition) is 5. The average Bonchev–Trinajstić information content (AvgIpc) is 3.07. The Morgan fingerprint density at radius 2 is 1.95 bits per heavy atom. The lowest BCUT2D eigenvalue weighted by Crippen LogP contribution is -2.25. The van der Waals surface area contributed by atoms with Gasteiger partial charge >= 0.3 is 5.97 Å². The molecule has 0 aliphatic rings. The summed E-state index contributed by atoms with van der Waals surface area (Å²) in [4.78, 5) is 27.5. The molecule has 0 fully saturated rings. The fourth-order valence-electron chi connectivity index (χ4n) is 1.70. The Kier molecular flexibility index (Phi) is 4.57. The molecule has 0 aliphatic heterocycles. The molecule has 0 spiro atoms. The lowest BCUT2D eigenvalue weighted by Gasteiger charge is -2.15. The van der Waals surface area contributed by atoms with Crippen LogP contribution in [0.2, 0.25) is 0 Å². The lowest BCUT2D eigenvalue weighted by atomic mass is 10.3. The fourth-order valence-corrected chi connectivity index (χ4v) is 3.58. The maximum absolute atomic E-state index is 12.3. The van der Waals surface area contributed by atoms with Gasteiger partial charge in [0.25, 0.3) is 5.91 Å². The van der Waals surface area contributed by atoms with Crippen LogP contribution in [0.3, 0.4) is 0 Å². The number of nitrogens with zero attached hydrogens (tertiary/aromatic N) is 1. The van der Waals surface area contributed by atoms with E-state index in [2.05, 4.69) is 4.74 Å². The summed E-state index contributed by atoms with van der Waals surface area (Å²) < 4.78 is 4.64. The van der Waals surface area contributed by atoms with Crippen LogP contribution in [0.1, 0.15) is 29.8 Å². The second kappa shape index (κ2) is 6.19. The molecule has 0 N–H and O–H groups in total. The van der Waals surface area contributed by atoms with Crippen LogP contribution in [-0.4, -0.2) is 30.9 Å². The van der Waals surface area contributed by atoms with E-state index in [1.54, 1.807) is 35.4 Å². The summed E-state index contributed by atoms with van der Waals surface area (Å²) >= 11 is 2.80. The number of hydrogen-bond donors (Lipinski definition) is 0. The first-order valence-electron chi connectivity index (χ1n) is 5.99. The van der Waals surface area contributed by atoms with Gasteiger partial charge in [0.05, 0.1) is 18.5 Å². The summed E-state index contributed by atoms with van der Waals surface area (Å²) in [5.74, 6) is -0.497. The van der Waals surface area contributed by atoms with Crippen molar-refractivity contribution in [2.24, 2.45) is 0 Å². The largest absolute Gasteiger partial charge is 0.465 e. The van der Waals surface area contributed by atoms with Gasteiger partial charge in [0.2, 0.25) is 0 Å². The van der Waals surface area contributed by atoms with Crippen LogP contribution >= 0.6 is 22.7 Å². The van der Waals surface area contributed by atoms with E-state index in [4.69, 9.17) is 0 Å². The first kappa shape index (κ1) is 14.7. The summed E-state index contributed by atoms with van der Waals surface area (Å²) in [6, 6.07) is 5.32. The third-order valence-corrected chi connectivity index (χ3v) is 4.96. The molecular formula is C14H15NO3S2. The van der Waals surface area contributed by atoms with Gasteiger partial charge in [0.15, 0.2) is 0 Å². The monoisotopic (exact) mass is 309 g/mol. The highest BCUT2D eigenvalue weighted by atomic mass is 32.1. The van der Waals surface area contributed by atoms with E-state index in [1.807, 2.05) is 18.4 Å². The van der Waals surface area contributed by atoms with Gasteiger partial charge in [0, 0.05) is 11.9 Å². The molecule has 0 radical (unpaired) electrons. The highest BCUT2D eigenvalue weighted by Crippen LogP contribution is 2.22. The first-order valence-corrected chi connectivity index (χ1v) is 7.69. The maximum atomic E-state index is 12.3. The maximum Gasteiger partial charge on any atom is 0.348 e. The minimum Gasteiger partial charge on any atom is -0.465 e. The Balaban J connectivity index is 2.09. The van der Waals surface area contributed by atoms with Crippen LogP contribution in [0.4, 0.5) is 0 Å². The van der Waals surface area contributed by atoms with Crippen LogP contribution in [-0.2, 0) is 11.3 Å². The molecule has 20 heavy (non-hydrogen) atoms. The summed E-state index contributed by atoms with van der Waals surface area (Å²) in [6.07, 6.45) is 0. The number of rotatable bonds is 4. The molecule has 4 nitrogen and oxygen atoms in total. The number of carbonyl (C=O) groups excluding carboxylic acids is 2. The molecule has 2 heterocycles. The highest BCUT2D eigenvalue weighted by Gasteiger charge is 2.18. The van der Waals surface area contributed by atoms with Crippen LogP contribution in [0, 0.1) is 6.92 Å². The Hall–Kier alpha value is -1.66. The van der Waals surface area contributed by atoms with Crippen molar-refractivity contribution in [2.45, 2.75) is 13.5 Å². The van der Waals surface area contributed by atoms with E-state index in [9.17, 15) is 9.59 Å². The summed E-state index contributed by atoms with van der Waals surface area (Å²) in [6.45, 7) is 2.61. The molecule has 2 aromatic rings. The smallest absolute Gasteiger partial charge is 0.348 e. The lowest BCUT2D eigenvalue weighted by molar-refractivity contribution is 0.0606. The van der Waals surface area contributed by atoms with Crippen molar-refractivity contribution in [3.63, 3.8) is 0 Å². The van der Waals surface area contributed by atoms with E-state index in [-0.39, 0.29) is 5.91 Å². The van der Waals surface area contributed by atoms with Crippen LogP contribution in [0.5, 0.6) is 0 Å². The minimum atomic E-state index is -0.411. The van der Waals surface area contributed by atoms with E-state index >= 15 is 0 Å². The predicted molar refractivity (Wildman–Crippen MR) is 80.5 cm³/mol. The number of methoxy groups -OCH3 is 1. The fraction of sp³-hybridized carbons (Fsp3) is 0.286. The zero-order chi connectivity index (χ0) is 14.7. The molecule has 6 heteroatoms. The van der Waals surface area contributed by atoms with Crippen molar-refractivity contribution >= 4 is 34.6 Å². The third kappa shape index (κ3) is 3.08. The van der Waals surface area contributed by atoms with E-state index < -0.39 is 5.97 Å². The molecule has 1 amide bonds. The minimum absolute atomic E-state index is 0.0852. The normalized spacial score (nSPS) is 10.3. The average molecular weight is 309 g/mol. The van der Waals surface area contributed by atoms with Gasteiger partial charge in [-0.05, 0) is 36.1 Å². The van der Waals surface area contributed by atoms with Crippen molar-refractivity contribution in [3.8, 4) is 0 Å². The molecule has 0 unspecified atom stereocenters. The number of amides is 1. The van der Waals surface area contributed by atoms with Crippen molar-refractivity contribution in [1.29, 1.82) is 0 Å². The SMILES string of the molecule is COC(=O)c1ccc(C(=O)N(C)Cc2sccc2C)s1. The number of aryl methyl sites for hydroxylation is 1. The van der Waals surface area contributed by atoms with E-state index in [1.165, 1.54) is 17.6 Å². The zero-order valence-corrected chi connectivity index (χ0v) is 13.1. The van der Waals surface area contributed by atoms with Crippen LogP contribution in [0.25, 0.3) is 0 Å². The molecule has 0 saturated carbocycles. The van der Waals surface area contributed by atoms with Crippen molar-refractivity contribution in [2.75, 3.05) is 14.2 Å². The number of carbonyl (C=O) groups is 2. The molecular weight excluding hydrogens is 294 g/mol. The Morgan fingerprint density at radius 1 is 1.25 bits per heavy atom. The molecule has 0 atom stereocenters. The Bertz CT molecular complexity index is 630. The van der Waals surface area contributed by atoms with E-state index in [0.29, 0.717) is 16.3 Å². The Morgan fingerprint density at radius 3 is 2.55 bits per heavy atom. The molecule has 106 valence electrons. The van der Waals surface area contributed by atoms with Crippen LogP contribution < -0.4 is 0 Å². The van der Waals surface area contributed by atoms with Crippen molar-refractivity contribution in [1.82, 2.24) is 4.90 Å². The number of thiophene rings is 2. The number of ether oxygens (including phenoxy) is 1. The summed E-state index contributed by atoms with van der Waals surface area (Å²) in [5, 5.41) is 2.02. The van der Waals surface area contributed by atoms with Gasteiger partial charge in [0.1, 0.15) is 4.88 Å². The first-order chi connectivity index (χ1) is 9.52. The second-order valence-corrected chi connectivity index (χ2v) is 6.43. The zero-order valence-electron chi connectivity index (χ0n) is 11.5.